The van der Waals surface area contributed by atoms with Gasteiger partial charge < -0.3 is 20.1 Å². The summed E-state index contributed by atoms with van der Waals surface area (Å²) < 4.78 is 10.7. The van der Waals surface area contributed by atoms with Crippen LogP contribution in [0.1, 0.15) is 52.4 Å². The molecule has 7 heteroatoms. The maximum atomic E-state index is 11.4. The Morgan fingerprint density at radius 3 is 2.46 bits per heavy atom. The van der Waals surface area contributed by atoms with Gasteiger partial charge in [-0.2, -0.15) is 0 Å². The summed E-state index contributed by atoms with van der Waals surface area (Å²) in [6.45, 7) is 6.42. The second-order valence-electron chi connectivity index (χ2n) is 6.05. The Bertz CT molecular complexity index is 359. The lowest BCUT2D eigenvalue weighted by molar-refractivity contribution is -0.144. The molecule has 1 unspecified atom stereocenters. The highest BCUT2D eigenvalue weighted by Gasteiger charge is 2.13. The molecular formula is C17H34IN3O3. The molecule has 0 spiro atoms. The topological polar surface area (TPSA) is 72.0 Å². The molecule has 1 atom stereocenters. The van der Waals surface area contributed by atoms with Crippen LogP contribution in [0.25, 0.3) is 0 Å². The molecule has 0 aromatic carbocycles. The van der Waals surface area contributed by atoms with Gasteiger partial charge in [-0.15, -0.1) is 24.0 Å². The molecule has 0 aromatic rings. The number of guanidine groups is 1. The van der Waals surface area contributed by atoms with Crippen LogP contribution in [-0.2, 0) is 14.3 Å². The predicted octanol–water partition coefficient (Wildman–Crippen LogP) is 2.71. The summed E-state index contributed by atoms with van der Waals surface area (Å²) in [6.07, 6.45) is 8.04. The summed E-state index contributed by atoms with van der Waals surface area (Å²) in [7, 11) is 1.40. The first kappa shape index (κ1) is 23.4. The molecule has 1 aliphatic carbocycles. The van der Waals surface area contributed by atoms with E-state index in [0.717, 1.165) is 13.1 Å². The molecule has 0 saturated heterocycles. The van der Waals surface area contributed by atoms with Crippen LogP contribution in [0, 0.1) is 5.92 Å². The Morgan fingerprint density at radius 2 is 1.88 bits per heavy atom. The minimum Gasteiger partial charge on any atom is -0.469 e. The van der Waals surface area contributed by atoms with E-state index in [-0.39, 0.29) is 35.9 Å². The molecule has 1 fully saturated rings. The summed E-state index contributed by atoms with van der Waals surface area (Å²) in [6, 6.07) is 0. The van der Waals surface area contributed by atoms with Gasteiger partial charge in [-0.3, -0.25) is 9.79 Å². The van der Waals surface area contributed by atoms with Gasteiger partial charge in [-0.1, -0.05) is 32.6 Å². The highest BCUT2D eigenvalue weighted by atomic mass is 127. The van der Waals surface area contributed by atoms with Crippen LogP contribution in [0.3, 0.4) is 0 Å². The molecule has 0 bridgehead atoms. The summed E-state index contributed by atoms with van der Waals surface area (Å²) in [5.74, 6) is 0.242. The van der Waals surface area contributed by atoms with Crippen LogP contribution in [0.15, 0.2) is 4.99 Å². The summed E-state index contributed by atoms with van der Waals surface area (Å²) in [4.78, 5) is 15.8. The van der Waals surface area contributed by atoms with Gasteiger partial charge in [0.2, 0.25) is 0 Å². The summed E-state index contributed by atoms with van der Waals surface area (Å²) in [5, 5.41) is 6.42. The summed E-state index contributed by atoms with van der Waals surface area (Å²) in [5.41, 5.74) is 0. The average Bonchev–Trinajstić information content (AvgIpc) is 2.84. The number of nitrogens with zero attached hydrogens (tertiary/aromatic N) is 1. The van der Waals surface area contributed by atoms with Crippen LogP contribution in [0.2, 0.25) is 0 Å². The van der Waals surface area contributed by atoms with Crippen molar-refractivity contribution >= 4 is 35.9 Å². The quantitative estimate of drug-likeness (QED) is 0.147. The molecule has 1 saturated carbocycles. The third kappa shape index (κ3) is 10.3. The van der Waals surface area contributed by atoms with Crippen molar-refractivity contribution < 1.29 is 14.3 Å². The zero-order valence-corrected chi connectivity index (χ0v) is 17.6. The van der Waals surface area contributed by atoms with Crippen molar-refractivity contribution in [3.63, 3.8) is 0 Å². The predicted molar refractivity (Wildman–Crippen MR) is 108 cm³/mol. The van der Waals surface area contributed by atoms with E-state index in [9.17, 15) is 4.79 Å². The van der Waals surface area contributed by atoms with Crippen molar-refractivity contribution in [1.82, 2.24) is 10.6 Å². The van der Waals surface area contributed by atoms with Crippen LogP contribution in [-0.4, -0.2) is 51.4 Å². The van der Waals surface area contributed by atoms with E-state index in [1.165, 1.54) is 45.6 Å². The number of carbonyl (C=O) groups excluding carboxylic acids is 1. The molecule has 0 radical (unpaired) electrons. The second kappa shape index (κ2) is 14.7. The molecule has 1 rings (SSSR count). The van der Waals surface area contributed by atoms with Crippen molar-refractivity contribution in [2.75, 3.05) is 33.4 Å². The first-order valence-corrected chi connectivity index (χ1v) is 8.89. The van der Waals surface area contributed by atoms with Gasteiger partial charge in [-0.25, -0.2) is 0 Å². The monoisotopic (exact) mass is 455 g/mol. The first-order valence-electron chi connectivity index (χ1n) is 8.89. The Morgan fingerprint density at radius 1 is 1.21 bits per heavy atom. The molecule has 0 aromatic heterocycles. The van der Waals surface area contributed by atoms with Gasteiger partial charge in [0, 0.05) is 13.1 Å². The number of methoxy groups -OCH3 is 1. The van der Waals surface area contributed by atoms with Crippen molar-refractivity contribution in [2.45, 2.75) is 58.5 Å². The number of aliphatic imine (C=N–C) groups is 1. The van der Waals surface area contributed by atoms with Crippen LogP contribution in [0.5, 0.6) is 0 Å². The maximum Gasteiger partial charge on any atom is 0.310 e. The standard InChI is InChI=1S/C17H33N3O3.HI/c1-4-18-17(20-13-14(2)16(21)22-3)19-11-12-23-15-9-7-5-6-8-10-15;/h14-15H,4-13H2,1-3H3,(H2,18,19,20);1H. The van der Waals surface area contributed by atoms with E-state index in [2.05, 4.69) is 15.6 Å². The van der Waals surface area contributed by atoms with Crippen LogP contribution < -0.4 is 10.6 Å². The Kier molecular flexibility index (Phi) is 14.4. The third-order valence-electron chi connectivity index (χ3n) is 4.02. The highest BCUT2D eigenvalue weighted by Crippen LogP contribution is 2.19. The van der Waals surface area contributed by atoms with E-state index in [4.69, 9.17) is 9.47 Å². The van der Waals surface area contributed by atoms with Crippen LogP contribution >= 0.6 is 24.0 Å². The largest absolute Gasteiger partial charge is 0.469 e. The number of carbonyl (C=O) groups is 1. The fourth-order valence-electron chi connectivity index (χ4n) is 2.65. The van der Waals surface area contributed by atoms with E-state index in [1.54, 1.807) is 0 Å². The van der Waals surface area contributed by atoms with Crippen molar-refractivity contribution in [1.29, 1.82) is 0 Å². The van der Waals surface area contributed by atoms with Gasteiger partial charge in [0.15, 0.2) is 5.96 Å². The second-order valence-corrected chi connectivity index (χ2v) is 6.05. The lowest BCUT2D eigenvalue weighted by Gasteiger charge is -2.17. The number of hydrogen-bond donors (Lipinski definition) is 2. The molecule has 1 aliphatic rings. The van der Waals surface area contributed by atoms with Gasteiger partial charge in [0.1, 0.15) is 0 Å². The van der Waals surface area contributed by atoms with E-state index in [0.29, 0.717) is 25.2 Å². The molecule has 0 aliphatic heterocycles. The zero-order chi connectivity index (χ0) is 16.9. The van der Waals surface area contributed by atoms with Gasteiger partial charge in [-0.05, 0) is 19.8 Å². The molecule has 0 amide bonds. The normalized spacial score (nSPS) is 17.4. The van der Waals surface area contributed by atoms with Gasteiger partial charge >= 0.3 is 5.97 Å². The fraction of sp³-hybridized carbons (Fsp3) is 0.882. The molecule has 6 nitrogen and oxygen atoms in total. The molecule has 24 heavy (non-hydrogen) atoms. The number of ether oxygens (including phenoxy) is 2. The number of hydrogen-bond acceptors (Lipinski definition) is 4. The first-order chi connectivity index (χ1) is 11.2. The highest BCUT2D eigenvalue weighted by molar-refractivity contribution is 14.0. The van der Waals surface area contributed by atoms with Crippen molar-refractivity contribution in [2.24, 2.45) is 10.9 Å². The van der Waals surface area contributed by atoms with Gasteiger partial charge in [0.05, 0.1) is 32.3 Å². The Hall–Kier alpha value is -0.570. The van der Waals surface area contributed by atoms with Crippen molar-refractivity contribution in [3.05, 3.63) is 0 Å². The zero-order valence-electron chi connectivity index (χ0n) is 15.3. The third-order valence-corrected chi connectivity index (χ3v) is 4.02. The number of esters is 1. The van der Waals surface area contributed by atoms with E-state index >= 15 is 0 Å². The fourth-order valence-corrected chi connectivity index (χ4v) is 2.65. The Balaban J connectivity index is 0.00000529. The molecular weight excluding hydrogens is 421 g/mol. The number of rotatable bonds is 8. The maximum absolute atomic E-state index is 11.4. The van der Waals surface area contributed by atoms with Crippen molar-refractivity contribution in [3.8, 4) is 0 Å². The van der Waals surface area contributed by atoms with E-state index < -0.39 is 0 Å². The van der Waals surface area contributed by atoms with Crippen LogP contribution in [0.4, 0.5) is 0 Å². The lowest BCUT2D eigenvalue weighted by Crippen LogP contribution is -2.39. The number of halogens is 1. The average molecular weight is 455 g/mol. The minimum atomic E-state index is -0.238. The molecule has 142 valence electrons. The smallest absolute Gasteiger partial charge is 0.310 e. The molecule has 2 N–H and O–H groups in total. The molecule has 0 heterocycles. The Labute approximate surface area is 163 Å². The number of nitrogens with one attached hydrogen (secondary N) is 2. The van der Waals surface area contributed by atoms with E-state index in [1.807, 2.05) is 13.8 Å². The van der Waals surface area contributed by atoms with Gasteiger partial charge in [0.25, 0.3) is 0 Å². The lowest BCUT2D eigenvalue weighted by atomic mass is 10.1. The SMILES string of the molecule is CCNC(=NCC(C)C(=O)OC)NCCOC1CCCCCC1.I. The summed E-state index contributed by atoms with van der Waals surface area (Å²) >= 11 is 0. The minimum absolute atomic E-state index is 0.